The maximum Gasteiger partial charge on any atom is 0.246 e. The minimum absolute atomic E-state index is 0.00199. The van der Waals surface area contributed by atoms with E-state index >= 15 is 0 Å². The number of hydrogen-bond acceptors (Lipinski definition) is 5. The SMILES string of the molecule is C=CCN1CC[C@]23c4c5ccc(O)c4O[C@H]2[C@H](N(C)C(=O)/C=C/c2ccoc2)CC[C@@]3(C)[C@H]1C5. The monoisotopic (exact) mass is 460 g/mol. The molecule has 2 bridgehead atoms. The van der Waals surface area contributed by atoms with Crippen molar-refractivity contribution in [2.75, 3.05) is 20.1 Å². The second-order valence-electron chi connectivity index (χ2n) is 10.6. The number of carbonyl (C=O) groups is 1. The van der Waals surface area contributed by atoms with E-state index in [9.17, 15) is 9.90 Å². The van der Waals surface area contributed by atoms with Gasteiger partial charge in [-0.15, -0.1) is 6.58 Å². The normalized spacial score (nSPS) is 33.4. The van der Waals surface area contributed by atoms with Gasteiger partial charge in [-0.2, -0.15) is 0 Å². The number of likely N-dealkylation sites (N-methyl/N-ethyl adjacent to an activating group) is 1. The number of phenolic OH excluding ortho intramolecular Hbond substituents is 1. The van der Waals surface area contributed by atoms with E-state index in [2.05, 4.69) is 24.5 Å². The molecule has 1 spiro atoms. The standard InChI is InChI=1S/C28H32N2O4/c1-4-13-30-14-12-28-24-19-6-7-21(31)25(24)34-26(28)20(9-11-27(28,2)22(30)16-19)29(3)23(32)8-5-18-10-15-33-17-18/h4-8,10,15,17,20,22,26,31H,1,9,11-14,16H2,2-3H3/b8-5+/t20-,22-,26+,27+,28+/m1/s1. The molecule has 6 heteroatoms. The maximum absolute atomic E-state index is 13.2. The molecule has 6 nitrogen and oxygen atoms in total. The van der Waals surface area contributed by atoms with Crippen molar-refractivity contribution in [3.63, 3.8) is 0 Å². The number of rotatable bonds is 5. The van der Waals surface area contributed by atoms with E-state index < -0.39 is 0 Å². The number of furan rings is 1. The molecule has 2 aliphatic heterocycles. The van der Waals surface area contributed by atoms with Crippen LogP contribution in [-0.2, 0) is 16.6 Å². The minimum atomic E-state index is -0.220. The molecule has 1 N–H and O–H groups in total. The Morgan fingerprint density at radius 1 is 1.35 bits per heavy atom. The lowest BCUT2D eigenvalue weighted by atomic mass is 9.43. The van der Waals surface area contributed by atoms with Gasteiger partial charge in [-0.05, 0) is 61.4 Å². The van der Waals surface area contributed by atoms with Gasteiger partial charge in [0, 0.05) is 42.3 Å². The highest BCUT2D eigenvalue weighted by atomic mass is 16.5. The Labute approximate surface area is 200 Å². The largest absolute Gasteiger partial charge is 0.504 e. The van der Waals surface area contributed by atoms with Crippen molar-refractivity contribution in [1.29, 1.82) is 0 Å². The summed E-state index contributed by atoms with van der Waals surface area (Å²) in [5, 5.41) is 10.8. The molecule has 3 heterocycles. The molecule has 0 radical (unpaired) electrons. The summed E-state index contributed by atoms with van der Waals surface area (Å²) in [5.74, 6) is 0.808. The van der Waals surface area contributed by atoms with Crippen LogP contribution in [0.25, 0.3) is 6.08 Å². The number of aromatic hydroxyl groups is 1. The Morgan fingerprint density at radius 3 is 2.97 bits per heavy atom. The summed E-state index contributed by atoms with van der Waals surface area (Å²) in [5.41, 5.74) is 3.12. The third kappa shape index (κ3) is 2.69. The molecule has 4 aliphatic rings. The third-order valence-electron chi connectivity index (χ3n) is 9.28. The van der Waals surface area contributed by atoms with Gasteiger partial charge in [0.15, 0.2) is 11.5 Å². The van der Waals surface area contributed by atoms with E-state index in [0.29, 0.717) is 11.8 Å². The lowest BCUT2D eigenvalue weighted by Gasteiger charge is -2.66. The van der Waals surface area contributed by atoms with Crippen LogP contribution in [0.3, 0.4) is 0 Å². The van der Waals surface area contributed by atoms with Crippen molar-refractivity contribution in [2.24, 2.45) is 5.41 Å². The zero-order chi connectivity index (χ0) is 23.7. The van der Waals surface area contributed by atoms with Crippen molar-refractivity contribution < 1.29 is 19.1 Å². The molecule has 1 saturated carbocycles. The van der Waals surface area contributed by atoms with Crippen molar-refractivity contribution in [2.45, 2.75) is 56.2 Å². The van der Waals surface area contributed by atoms with Crippen LogP contribution in [0.2, 0.25) is 0 Å². The van der Waals surface area contributed by atoms with Gasteiger partial charge in [0.25, 0.3) is 0 Å². The van der Waals surface area contributed by atoms with Gasteiger partial charge in [-0.3, -0.25) is 9.69 Å². The second-order valence-corrected chi connectivity index (χ2v) is 10.6. The molecular formula is C28H32N2O4. The summed E-state index contributed by atoms with van der Waals surface area (Å²) in [6, 6.07) is 6.00. The molecule has 1 aromatic heterocycles. The highest BCUT2D eigenvalue weighted by molar-refractivity contribution is 5.91. The Balaban J connectivity index is 1.41. The molecule has 2 aliphatic carbocycles. The maximum atomic E-state index is 13.2. The first-order valence-corrected chi connectivity index (χ1v) is 12.2. The van der Waals surface area contributed by atoms with Crippen LogP contribution >= 0.6 is 0 Å². The van der Waals surface area contributed by atoms with Gasteiger partial charge in [-0.1, -0.05) is 19.1 Å². The number of nitrogens with zero attached hydrogens (tertiary/aromatic N) is 2. The first-order valence-electron chi connectivity index (χ1n) is 12.2. The van der Waals surface area contributed by atoms with E-state index in [1.165, 1.54) is 11.1 Å². The molecule has 1 saturated heterocycles. The molecule has 1 amide bonds. The minimum Gasteiger partial charge on any atom is -0.504 e. The summed E-state index contributed by atoms with van der Waals surface area (Å²) in [6.45, 7) is 8.26. The topological polar surface area (TPSA) is 66.2 Å². The van der Waals surface area contributed by atoms with Crippen LogP contribution in [0.5, 0.6) is 11.5 Å². The molecule has 5 atom stereocenters. The van der Waals surface area contributed by atoms with Crippen LogP contribution in [-0.4, -0.2) is 59.1 Å². The van der Waals surface area contributed by atoms with Crippen molar-refractivity contribution in [3.05, 3.63) is 66.1 Å². The lowest BCUT2D eigenvalue weighted by molar-refractivity contribution is -0.149. The lowest BCUT2D eigenvalue weighted by Crippen LogP contribution is -2.73. The predicted octanol–water partition coefficient (Wildman–Crippen LogP) is 4.14. The van der Waals surface area contributed by atoms with Gasteiger partial charge < -0.3 is 19.2 Å². The fourth-order valence-corrected chi connectivity index (χ4v) is 7.66. The molecule has 0 unspecified atom stereocenters. The first kappa shape index (κ1) is 21.5. The van der Waals surface area contributed by atoms with Crippen LogP contribution < -0.4 is 4.74 Å². The molecule has 2 fully saturated rings. The Morgan fingerprint density at radius 2 is 2.21 bits per heavy atom. The second kappa shape index (κ2) is 7.51. The summed E-state index contributed by atoms with van der Waals surface area (Å²) < 4.78 is 11.8. The van der Waals surface area contributed by atoms with E-state index in [0.717, 1.165) is 44.3 Å². The van der Waals surface area contributed by atoms with E-state index in [1.54, 1.807) is 30.7 Å². The summed E-state index contributed by atoms with van der Waals surface area (Å²) in [6.07, 6.45) is 12.2. The zero-order valence-electron chi connectivity index (χ0n) is 19.9. The van der Waals surface area contributed by atoms with Gasteiger partial charge in [0.05, 0.1) is 18.6 Å². The molecule has 6 rings (SSSR count). The molecule has 2 aromatic rings. The number of likely N-dealkylation sites (tertiary alicyclic amines) is 1. The summed E-state index contributed by atoms with van der Waals surface area (Å²) in [4.78, 5) is 17.6. The van der Waals surface area contributed by atoms with Gasteiger partial charge in [0.1, 0.15) is 6.10 Å². The Hall–Kier alpha value is -2.99. The number of ether oxygens (including phenoxy) is 1. The average molecular weight is 461 g/mol. The van der Waals surface area contributed by atoms with Crippen LogP contribution in [0.4, 0.5) is 0 Å². The molecule has 34 heavy (non-hydrogen) atoms. The first-order chi connectivity index (χ1) is 16.4. The van der Waals surface area contributed by atoms with E-state index in [-0.39, 0.29) is 34.6 Å². The number of carbonyl (C=O) groups excluding carboxylic acids is 1. The Kier molecular flexibility index (Phi) is 4.75. The number of benzene rings is 1. The number of hydrogen-bond donors (Lipinski definition) is 1. The highest BCUT2D eigenvalue weighted by Gasteiger charge is 2.71. The van der Waals surface area contributed by atoms with Crippen molar-refractivity contribution in [1.82, 2.24) is 9.80 Å². The molecular weight excluding hydrogens is 428 g/mol. The van der Waals surface area contributed by atoms with Gasteiger partial charge in [-0.25, -0.2) is 0 Å². The number of amides is 1. The van der Waals surface area contributed by atoms with Crippen molar-refractivity contribution >= 4 is 12.0 Å². The number of piperidine rings is 1. The molecule has 178 valence electrons. The van der Waals surface area contributed by atoms with Gasteiger partial charge >= 0.3 is 0 Å². The number of phenols is 1. The van der Waals surface area contributed by atoms with Crippen LogP contribution in [0.15, 0.2) is 53.9 Å². The Bertz CT molecular complexity index is 1170. The van der Waals surface area contributed by atoms with Gasteiger partial charge in [0.2, 0.25) is 5.91 Å². The fourth-order valence-electron chi connectivity index (χ4n) is 7.66. The molecule has 1 aromatic carbocycles. The van der Waals surface area contributed by atoms with Crippen LogP contribution in [0.1, 0.15) is 42.9 Å². The third-order valence-corrected chi connectivity index (χ3v) is 9.28. The summed E-state index contributed by atoms with van der Waals surface area (Å²) >= 11 is 0. The van der Waals surface area contributed by atoms with Crippen LogP contribution in [0, 0.1) is 5.41 Å². The zero-order valence-corrected chi connectivity index (χ0v) is 19.9. The van der Waals surface area contributed by atoms with Crippen molar-refractivity contribution in [3.8, 4) is 11.5 Å². The quantitative estimate of drug-likeness (QED) is 0.537. The summed E-state index contributed by atoms with van der Waals surface area (Å²) in [7, 11) is 1.88. The van der Waals surface area contributed by atoms with E-state index in [1.807, 2.05) is 24.1 Å². The average Bonchev–Trinajstić information content (AvgIpc) is 3.46. The predicted molar refractivity (Wildman–Crippen MR) is 130 cm³/mol. The van der Waals surface area contributed by atoms with E-state index in [4.69, 9.17) is 9.15 Å². The fraction of sp³-hybridized carbons (Fsp3) is 0.464. The highest BCUT2D eigenvalue weighted by Crippen LogP contribution is 2.69. The smallest absolute Gasteiger partial charge is 0.246 e.